The summed E-state index contributed by atoms with van der Waals surface area (Å²) in [6.07, 6.45) is 5.89. The first kappa shape index (κ1) is 30.8. The van der Waals surface area contributed by atoms with Crippen LogP contribution in [0.25, 0.3) is 38.6 Å². The maximum absolute atomic E-state index is 4.03. The van der Waals surface area contributed by atoms with Crippen molar-refractivity contribution in [2.45, 2.75) is 30.3 Å². The molecule has 254 valence electrons. The molecule has 1 fully saturated rings. The molecule has 0 aromatic heterocycles. The molecule has 1 aliphatic heterocycles. The lowest BCUT2D eigenvalue weighted by molar-refractivity contribution is 0.169. The first-order valence-corrected chi connectivity index (χ1v) is 18.9. The Hall–Kier alpha value is -5.84. The fourth-order valence-electron chi connectivity index (χ4n) is 9.99. The third-order valence-corrected chi connectivity index (χ3v) is 12.2. The number of hydrogen-bond donors (Lipinski definition) is 3. The van der Waals surface area contributed by atoms with Gasteiger partial charge in [-0.2, -0.15) is 0 Å². The first-order valence-electron chi connectivity index (χ1n) is 18.9. The van der Waals surface area contributed by atoms with Crippen molar-refractivity contribution in [2.75, 3.05) is 0 Å². The molecule has 3 heteroatoms. The van der Waals surface area contributed by atoms with Crippen LogP contribution in [0, 0.1) is 5.92 Å². The highest BCUT2D eigenvalue weighted by Gasteiger charge is 2.54. The molecular formula is C50H39N3. The SMILES string of the molecule is C1=CC(C2NC(c3ccccc3)NC(c3ccccc3)N2)CC2=C1c1c(cc3ccccc3c1-c1ccccc1)C21c2ccccc2-c2ccccc21. The lowest BCUT2D eigenvalue weighted by Crippen LogP contribution is -2.61. The number of allylic oxidation sites excluding steroid dienone is 3. The van der Waals surface area contributed by atoms with Gasteiger partial charge in [-0.15, -0.1) is 0 Å². The minimum atomic E-state index is -0.404. The van der Waals surface area contributed by atoms with Gasteiger partial charge in [-0.3, -0.25) is 16.0 Å². The number of hydrogen-bond acceptors (Lipinski definition) is 3. The normalized spacial score (nSPS) is 22.0. The fraction of sp³-hybridized carbons (Fsp3) is 0.120. The highest BCUT2D eigenvalue weighted by Crippen LogP contribution is 2.65. The molecule has 1 saturated heterocycles. The second-order valence-corrected chi connectivity index (χ2v) is 14.9. The summed E-state index contributed by atoms with van der Waals surface area (Å²) in [6.45, 7) is 0. The first-order chi connectivity index (χ1) is 26.3. The summed E-state index contributed by atoms with van der Waals surface area (Å²) in [5, 5.41) is 14.5. The van der Waals surface area contributed by atoms with E-state index in [-0.39, 0.29) is 24.4 Å². The Morgan fingerprint density at radius 1 is 0.491 bits per heavy atom. The van der Waals surface area contributed by atoms with Crippen LogP contribution in [0.3, 0.4) is 0 Å². The molecule has 3 atom stereocenters. The molecule has 4 aliphatic rings. The average molecular weight is 682 g/mol. The van der Waals surface area contributed by atoms with Gasteiger partial charge < -0.3 is 0 Å². The zero-order valence-corrected chi connectivity index (χ0v) is 29.3. The van der Waals surface area contributed by atoms with Crippen molar-refractivity contribution >= 4 is 16.3 Å². The lowest BCUT2D eigenvalue weighted by Gasteiger charge is -2.43. The predicted octanol–water partition coefficient (Wildman–Crippen LogP) is 10.7. The van der Waals surface area contributed by atoms with E-state index in [4.69, 9.17) is 0 Å². The van der Waals surface area contributed by atoms with E-state index in [1.54, 1.807) is 0 Å². The van der Waals surface area contributed by atoms with E-state index >= 15 is 0 Å². The molecule has 11 rings (SSSR count). The van der Waals surface area contributed by atoms with Crippen molar-refractivity contribution in [2.24, 2.45) is 5.92 Å². The van der Waals surface area contributed by atoms with E-state index in [2.05, 4.69) is 198 Å². The van der Waals surface area contributed by atoms with Crippen molar-refractivity contribution in [1.82, 2.24) is 16.0 Å². The number of benzene rings is 7. The molecule has 1 spiro atoms. The predicted molar refractivity (Wildman–Crippen MR) is 217 cm³/mol. The molecule has 0 amide bonds. The monoisotopic (exact) mass is 681 g/mol. The van der Waals surface area contributed by atoms with Gasteiger partial charge in [-0.25, -0.2) is 0 Å². The van der Waals surface area contributed by atoms with Crippen molar-refractivity contribution in [1.29, 1.82) is 0 Å². The van der Waals surface area contributed by atoms with Gasteiger partial charge in [-0.1, -0.05) is 176 Å². The van der Waals surface area contributed by atoms with Gasteiger partial charge in [0.2, 0.25) is 0 Å². The molecule has 3 unspecified atom stereocenters. The van der Waals surface area contributed by atoms with E-state index in [0.29, 0.717) is 0 Å². The molecule has 3 nitrogen and oxygen atoms in total. The van der Waals surface area contributed by atoms with Gasteiger partial charge in [0.15, 0.2) is 0 Å². The summed E-state index contributed by atoms with van der Waals surface area (Å²) < 4.78 is 0. The summed E-state index contributed by atoms with van der Waals surface area (Å²) in [6, 6.07) is 62.5. The number of nitrogens with one attached hydrogen (secondary N) is 3. The van der Waals surface area contributed by atoms with E-state index < -0.39 is 5.41 Å². The Kier molecular flexibility index (Phi) is 7.03. The van der Waals surface area contributed by atoms with Crippen LogP contribution in [0.1, 0.15) is 52.1 Å². The Morgan fingerprint density at radius 2 is 1.04 bits per heavy atom. The van der Waals surface area contributed by atoms with Crippen LogP contribution in [0.2, 0.25) is 0 Å². The van der Waals surface area contributed by atoms with Crippen LogP contribution in [0.5, 0.6) is 0 Å². The topological polar surface area (TPSA) is 36.1 Å². The quantitative estimate of drug-likeness (QED) is 0.173. The minimum Gasteiger partial charge on any atom is -0.282 e. The molecule has 0 bridgehead atoms. The molecular weight excluding hydrogens is 643 g/mol. The smallest absolute Gasteiger partial charge is 0.0862 e. The zero-order valence-electron chi connectivity index (χ0n) is 29.3. The van der Waals surface area contributed by atoms with Gasteiger partial charge in [0.25, 0.3) is 0 Å². The standard InChI is InChI=1S/C50H39N3/c1-4-16-32(17-5-1)45-37-23-11-10-22-35(37)30-44-46(45)40-29-28-36(31-43(40)50(44)41-26-14-12-24-38(41)39-25-13-15-27-42(39)50)49-52-47(33-18-6-2-7-19-33)51-48(53-49)34-20-8-3-9-21-34/h1-30,36,47-49,51-53H,31H2. The molecule has 7 aromatic rings. The van der Waals surface area contributed by atoms with Gasteiger partial charge in [0.1, 0.15) is 0 Å². The lowest BCUT2D eigenvalue weighted by atomic mass is 9.66. The van der Waals surface area contributed by atoms with E-state index in [1.807, 2.05) is 0 Å². The van der Waals surface area contributed by atoms with Gasteiger partial charge in [0, 0.05) is 5.92 Å². The third kappa shape index (κ3) is 4.58. The van der Waals surface area contributed by atoms with Gasteiger partial charge in [0.05, 0.1) is 23.9 Å². The Labute approximate surface area is 310 Å². The van der Waals surface area contributed by atoms with Crippen LogP contribution in [-0.2, 0) is 5.41 Å². The fourth-order valence-corrected chi connectivity index (χ4v) is 9.99. The summed E-state index contributed by atoms with van der Waals surface area (Å²) in [5.41, 5.74) is 15.8. The van der Waals surface area contributed by atoms with Crippen LogP contribution in [-0.4, -0.2) is 6.17 Å². The zero-order chi connectivity index (χ0) is 34.9. The molecule has 7 aromatic carbocycles. The second kappa shape index (κ2) is 12.1. The van der Waals surface area contributed by atoms with Gasteiger partial charge >= 0.3 is 0 Å². The number of rotatable bonds is 4. The summed E-state index contributed by atoms with van der Waals surface area (Å²) >= 11 is 0. The Balaban J connectivity index is 1.13. The van der Waals surface area contributed by atoms with Gasteiger partial charge in [-0.05, 0) is 90.0 Å². The summed E-state index contributed by atoms with van der Waals surface area (Å²) in [7, 11) is 0. The van der Waals surface area contributed by atoms with Crippen LogP contribution < -0.4 is 16.0 Å². The largest absolute Gasteiger partial charge is 0.282 e. The highest BCUT2D eigenvalue weighted by atomic mass is 15.4. The molecule has 0 saturated carbocycles. The molecule has 0 radical (unpaired) electrons. The number of fused-ring (bicyclic) bond motifs is 10. The highest BCUT2D eigenvalue weighted by molar-refractivity contribution is 6.09. The van der Waals surface area contributed by atoms with E-state index in [9.17, 15) is 0 Å². The molecule has 1 heterocycles. The maximum Gasteiger partial charge on any atom is 0.0862 e. The van der Waals surface area contributed by atoms with E-state index in [1.165, 1.54) is 77.6 Å². The van der Waals surface area contributed by atoms with Crippen LogP contribution in [0.15, 0.2) is 188 Å². The van der Waals surface area contributed by atoms with Crippen molar-refractivity contribution in [3.63, 3.8) is 0 Å². The molecule has 3 aliphatic carbocycles. The third-order valence-electron chi connectivity index (χ3n) is 12.2. The molecule has 3 N–H and O–H groups in total. The van der Waals surface area contributed by atoms with Crippen LogP contribution in [0.4, 0.5) is 0 Å². The second-order valence-electron chi connectivity index (χ2n) is 14.9. The Bertz CT molecular complexity index is 2490. The maximum atomic E-state index is 4.03. The summed E-state index contributed by atoms with van der Waals surface area (Å²) in [4.78, 5) is 0. The van der Waals surface area contributed by atoms with Crippen molar-refractivity contribution in [3.05, 3.63) is 221 Å². The average Bonchev–Trinajstić information content (AvgIpc) is 3.70. The summed E-state index contributed by atoms with van der Waals surface area (Å²) in [5.74, 6) is 0.203. The minimum absolute atomic E-state index is 0.00548. The van der Waals surface area contributed by atoms with Crippen molar-refractivity contribution in [3.8, 4) is 22.3 Å². The van der Waals surface area contributed by atoms with E-state index in [0.717, 1.165) is 6.42 Å². The Morgan fingerprint density at radius 3 is 1.68 bits per heavy atom. The van der Waals surface area contributed by atoms with Crippen molar-refractivity contribution < 1.29 is 0 Å². The molecule has 53 heavy (non-hydrogen) atoms. The van der Waals surface area contributed by atoms with Crippen LogP contribution >= 0.6 is 0 Å².